The standard InChI is InChI=1S/C25H16BrF3O/c26-18-7-10-22(24(28)13-18)21-9-6-17(12-23(21)27)20-11-8-19(14-25(20)29)30-15-16-4-2-1-3-5-16/h1-14H,15H2. The number of halogens is 4. The van der Waals surface area contributed by atoms with Crippen LogP contribution >= 0.6 is 15.9 Å². The molecule has 0 heterocycles. The summed E-state index contributed by atoms with van der Waals surface area (Å²) in [6.07, 6.45) is 0. The van der Waals surface area contributed by atoms with Crippen LogP contribution in [-0.4, -0.2) is 0 Å². The van der Waals surface area contributed by atoms with Gasteiger partial charge in [-0.3, -0.25) is 0 Å². The molecule has 150 valence electrons. The van der Waals surface area contributed by atoms with E-state index in [0.717, 1.165) is 5.56 Å². The van der Waals surface area contributed by atoms with Crippen molar-refractivity contribution in [1.29, 1.82) is 0 Å². The Balaban J connectivity index is 1.57. The van der Waals surface area contributed by atoms with Gasteiger partial charge in [-0.15, -0.1) is 0 Å². The molecule has 0 unspecified atom stereocenters. The second kappa shape index (κ2) is 8.76. The average molecular weight is 469 g/mol. The molecule has 0 fully saturated rings. The van der Waals surface area contributed by atoms with Crippen molar-refractivity contribution in [3.05, 3.63) is 112 Å². The van der Waals surface area contributed by atoms with Crippen molar-refractivity contribution < 1.29 is 17.9 Å². The fraction of sp³-hybridized carbons (Fsp3) is 0.0400. The van der Waals surface area contributed by atoms with Crippen LogP contribution in [0.25, 0.3) is 22.3 Å². The highest BCUT2D eigenvalue weighted by Gasteiger charge is 2.14. The first-order valence-corrected chi connectivity index (χ1v) is 10.0. The van der Waals surface area contributed by atoms with Gasteiger partial charge in [0.1, 0.15) is 29.8 Å². The highest BCUT2D eigenvalue weighted by atomic mass is 79.9. The Kier molecular flexibility index (Phi) is 5.91. The predicted octanol–water partition coefficient (Wildman–Crippen LogP) is 7.78. The summed E-state index contributed by atoms with van der Waals surface area (Å²) in [6.45, 7) is 0.321. The first kappa shape index (κ1) is 20.2. The van der Waals surface area contributed by atoms with Gasteiger partial charge >= 0.3 is 0 Å². The maximum atomic E-state index is 14.7. The first-order chi connectivity index (χ1) is 14.5. The Morgan fingerprint density at radius 1 is 0.633 bits per heavy atom. The molecule has 0 atom stereocenters. The fourth-order valence-electron chi connectivity index (χ4n) is 3.17. The molecular weight excluding hydrogens is 453 g/mol. The smallest absolute Gasteiger partial charge is 0.134 e. The van der Waals surface area contributed by atoms with Crippen LogP contribution < -0.4 is 4.74 Å². The topological polar surface area (TPSA) is 9.23 Å². The van der Waals surface area contributed by atoms with Crippen molar-refractivity contribution in [1.82, 2.24) is 0 Å². The number of hydrogen-bond donors (Lipinski definition) is 0. The van der Waals surface area contributed by atoms with E-state index in [1.807, 2.05) is 30.3 Å². The van der Waals surface area contributed by atoms with E-state index in [-0.39, 0.29) is 16.7 Å². The van der Waals surface area contributed by atoms with Gasteiger partial charge in [-0.1, -0.05) is 64.5 Å². The normalized spacial score (nSPS) is 10.8. The monoisotopic (exact) mass is 468 g/mol. The highest BCUT2D eigenvalue weighted by molar-refractivity contribution is 9.10. The summed E-state index contributed by atoms with van der Waals surface area (Å²) in [4.78, 5) is 0. The summed E-state index contributed by atoms with van der Waals surface area (Å²) >= 11 is 3.18. The Labute approximate surface area is 180 Å². The summed E-state index contributed by atoms with van der Waals surface area (Å²) in [5, 5.41) is 0. The minimum atomic E-state index is -0.627. The molecule has 0 radical (unpaired) electrons. The molecule has 0 bridgehead atoms. The second-order valence-electron chi connectivity index (χ2n) is 6.73. The SMILES string of the molecule is Fc1cc(OCc2ccccc2)ccc1-c1ccc(-c2ccc(Br)cc2F)c(F)c1. The van der Waals surface area contributed by atoms with Gasteiger partial charge in [0.05, 0.1) is 0 Å². The highest BCUT2D eigenvalue weighted by Crippen LogP contribution is 2.32. The Bertz CT molecular complexity index is 1190. The van der Waals surface area contributed by atoms with Crippen LogP contribution in [0.1, 0.15) is 5.56 Å². The average Bonchev–Trinajstić information content (AvgIpc) is 2.74. The van der Waals surface area contributed by atoms with Crippen LogP contribution in [-0.2, 0) is 6.61 Å². The van der Waals surface area contributed by atoms with Crippen molar-refractivity contribution in [3.63, 3.8) is 0 Å². The molecule has 0 spiro atoms. The predicted molar refractivity (Wildman–Crippen MR) is 116 cm³/mol. The van der Waals surface area contributed by atoms with Crippen molar-refractivity contribution in [2.45, 2.75) is 6.61 Å². The van der Waals surface area contributed by atoms with Crippen LogP contribution in [0.4, 0.5) is 13.2 Å². The van der Waals surface area contributed by atoms with Gasteiger partial charge in [0.15, 0.2) is 0 Å². The van der Waals surface area contributed by atoms with Crippen molar-refractivity contribution in [2.75, 3.05) is 0 Å². The second-order valence-corrected chi connectivity index (χ2v) is 7.65. The van der Waals surface area contributed by atoms with Gasteiger partial charge < -0.3 is 4.74 Å². The van der Waals surface area contributed by atoms with Crippen LogP contribution in [0.15, 0.2) is 89.4 Å². The van der Waals surface area contributed by atoms with E-state index in [9.17, 15) is 13.2 Å². The quantitative estimate of drug-likeness (QED) is 0.290. The number of hydrogen-bond acceptors (Lipinski definition) is 1. The van der Waals surface area contributed by atoms with E-state index in [0.29, 0.717) is 22.4 Å². The zero-order chi connectivity index (χ0) is 21.1. The summed E-state index contributed by atoms with van der Waals surface area (Å²) in [6, 6.07) is 22.7. The lowest BCUT2D eigenvalue weighted by Gasteiger charge is -2.11. The molecule has 30 heavy (non-hydrogen) atoms. The molecule has 5 heteroatoms. The van der Waals surface area contributed by atoms with Gasteiger partial charge in [0.2, 0.25) is 0 Å². The molecule has 0 amide bonds. The number of benzene rings is 4. The molecule has 4 aromatic carbocycles. The van der Waals surface area contributed by atoms with E-state index in [1.165, 1.54) is 30.3 Å². The molecule has 1 nitrogen and oxygen atoms in total. The molecule has 0 aromatic heterocycles. The Hall–Kier alpha value is -3.05. The van der Waals surface area contributed by atoms with Crippen LogP contribution in [0.3, 0.4) is 0 Å². The van der Waals surface area contributed by atoms with E-state index in [1.54, 1.807) is 24.3 Å². The first-order valence-electron chi connectivity index (χ1n) is 9.23. The largest absolute Gasteiger partial charge is 0.489 e. The van der Waals surface area contributed by atoms with E-state index >= 15 is 0 Å². The number of rotatable bonds is 5. The Morgan fingerprint density at radius 3 is 1.93 bits per heavy atom. The summed E-state index contributed by atoms with van der Waals surface area (Å²) in [5.74, 6) is -1.31. The summed E-state index contributed by atoms with van der Waals surface area (Å²) in [7, 11) is 0. The molecule has 0 aliphatic carbocycles. The van der Waals surface area contributed by atoms with Crippen LogP contribution in [0.2, 0.25) is 0 Å². The maximum Gasteiger partial charge on any atom is 0.134 e. The van der Waals surface area contributed by atoms with E-state index in [2.05, 4.69) is 15.9 Å². The Morgan fingerprint density at radius 2 is 1.27 bits per heavy atom. The molecule has 4 rings (SSSR count). The minimum absolute atomic E-state index is 0.118. The third-order valence-electron chi connectivity index (χ3n) is 4.69. The lowest BCUT2D eigenvalue weighted by Crippen LogP contribution is -1.96. The van der Waals surface area contributed by atoms with E-state index in [4.69, 9.17) is 4.74 Å². The molecule has 0 N–H and O–H groups in total. The van der Waals surface area contributed by atoms with Gasteiger partial charge in [-0.2, -0.15) is 0 Å². The molecule has 0 aliphatic rings. The zero-order valence-electron chi connectivity index (χ0n) is 15.7. The number of ether oxygens (including phenoxy) is 1. The third-order valence-corrected chi connectivity index (χ3v) is 5.18. The molecule has 0 saturated heterocycles. The van der Waals surface area contributed by atoms with Gasteiger partial charge in [0, 0.05) is 27.2 Å². The van der Waals surface area contributed by atoms with Gasteiger partial charge in [-0.25, -0.2) is 13.2 Å². The van der Waals surface area contributed by atoms with Crippen LogP contribution in [0, 0.1) is 17.5 Å². The lowest BCUT2D eigenvalue weighted by molar-refractivity contribution is 0.304. The lowest BCUT2D eigenvalue weighted by atomic mass is 9.99. The molecular formula is C25H16BrF3O. The summed E-state index contributed by atoms with van der Waals surface area (Å²) in [5.41, 5.74) is 1.84. The van der Waals surface area contributed by atoms with Gasteiger partial charge in [0.25, 0.3) is 0 Å². The molecule has 0 aliphatic heterocycles. The van der Waals surface area contributed by atoms with E-state index < -0.39 is 17.5 Å². The minimum Gasteiger partial charge on any atom is -0.489 e. The fourth-order valence-corrected chi connectivity index (χ4v) is 3.50. The van der Waals surface area contributed by atoms with Crippen molar-refractivity contribution in [3.8, 4) is 28.0 Å². The zero-order valence-corrected chi connectivity index (χ0v) is 17.3. The molecule has 4 aromatic rings. The van der Waals surface area contributed by atoms with Crippen molar-refractivity contribution in [2.24, 2.45) is 0 Å². The maximum absolute atomic E-state index is 14.7. The van der Waals surface area contributed by atoms with Crippen LogP contribution in [0.5, 0.6) is 5.75 Å². The molecule has 0 saturated carbocycles. The van der Waals surface area contributed by atoms with Gasteiger partial charge in [-0.05, 0) is 41.5 Å². The third kappa shape index (κ3) is 4.41. The van der Waals surface area contributed by atoms with Crippen molar-refractivity contribution >= 4 is 15.9 Å². The summed E-state index contributed by atoms with van der Waals surface area (Å²) < 4.78 is 49.7.